The molecule has 1 aromatic heterocycles. The van der Waals surface area contributed by atoms with Gasteiger partial charge in [0.15, 0.2) is 0 Å². The third-order valence-corrected chi connectivity index (χ3v) is 2.27. The van der Waals surface area contributed by atoms with E-state index < -0.39 is 0 Å². The van der Waals surface area contributed by atoms with Crippen molar-refractivity contribution in [3.8, 4) is 0 Å². The lowest BCUT2D eigenvalue weighted by atomic mass is 10.3. The number of hydrogen-bond acceptors (Lipinski definition) is 5. The highest BCUT2D eigenvalue weighted by atomic mass is 32.1. The van der Waals surface area contributed by atoms with E-state index in [0.717, 1.165) is 13.0 Å². The van der Waals surface area contributed by atoms with Crippen LogP contribution in [0.3, 0.4) is 0 Å². The van der Waals surface area contributed by atoms with Gasteiger partial charge in [0.2, 0.25) is 5.13 Å². The molecule has 5 heteroatoms. The van der Waals surface area contributed by atoms with Crippen molar-refractivity contribution >= 4 is 22.3 Å². The van der Waals surface area contributed by atoms with Crippen molar-refractivity contribution in [2.45, 2.75) is 26.2 Å². The Balaban J connectivity index is 2.24. The molecule has 4 nitrogen and oxygen atoms in total. The first kappa shape index (κ1) is 10.1. The van der Waals surface area contributed by atoms with Crippen molar-refractivity contribution in [1.82, 2.24) is 4.98 Å². The molecule has 72 valence electrons. The molecular formula is C8H14N4S. The van der Waals surface area contributed by atoms with Crippen molar-refractivity contribution in [1.29, 1.82) is 0 Å². The second-order valence-corrected chi connectivity index (χ2v) is 3.56. The van der Waals surface area contributed by atoms with Crippen LogP contribution in [0.15, 0.2) is 15.6 Å². The summed E-state index contributed by atoms with van der Waals surface area (Å²) in [5.41, 5.74) is 5.43. The van der Waals surface area contributed by atoms with Gasteiger partial charge in [-0.3, -0.25) is 0 Å². The van der Waals surface area contributed by atoms with E-state index in [2.05, 4.69) is 22.1 Å². The lowest BCUT2D eigenvalue weighted by Gasteiger charge is -1.89. The largest absolute Gasteiger partial charge is 0.383 e. The van der Waals surface area contributed by atoms with Crippen LogP contribution in [-0.2, 0) is 0 Å². The molecule has 0 saturated heterocycles. The zero-order chi connectivity index (χ0) is 9.52. The van der Waals surface area contributed by atoms with E-state index in [-0.39, 0.29) is 0 Å². The first-order valence-electron chi connectivity index (χ1n) is 4.41. The first-order valence-corrected chi connectivity index (χ1v) is 5.29. The summed E-state index contributed by atoms with van der Waals surface area (Å²) in [5, 5.41) is 10.4. The molecule has 0 unspecified atom stereocenters. The molecule has 0 radical (unpaired) electrons. The maximum absolute atomic E-state index is 5.43. The Bertz CT molecular complexity index is 269. The van der Waals surface area contributed by atoms with Gasteiger partial charge in [0.1, 0.15) is 5.82 Å². The predicted molar refractivity (Wildman–Crippen MR) is 55.4 cm³/mol. The molecule has 0 fully saturated rings. The minimum absolute atomic E-state index is 0.521. The van der Waals surface area contributed by atoms with Crippen molar-refractivity contribution in [3.05, 3.63) is 5.38 Å². The number of rotatable bonds is 5. The van der Waals surface area contributed by atoms with Crippen LogP contribution in [0.1, 0.15) is 26.2 Å². The van der Waals surface area contributed by atoms with E-state index >= 15 is 0 Å². The minimum atomic E-state index is 0.521. The number of nitrogen functional groups attached to an aromatic ring is 1. The van der Waals surface area contributed by atoms with Crippen LogP contribution < -0.4 is 5.73 Å². The number of anilines is 1. The topological polar surface area (TPSA) is 63.6 Å². The number of hydrogen-bond donors (Lipinski definition) is 1. The Morgan fingerprint density at radius 3 is 3.00 bits per heavy atom. The summed E-state index contributed by atoms with van der Waals surface area (Å²) in [6.45, 7) is 2.95. The van der Waals surface area contributed by atoms with Crippen molar-refractivity contribution < 1.29 is 0 Å². The number of aromatic nitrogens is 1. The van der Waals surface area contributed by atoms with Crippen molar-refractivity contribution in [2.75, 3.05) is 12.3 Å². The molecule has 13 heavy (non-hydrogen) atoms. The lowest BCUT2D eigenvalue weighted by molar-refractivity contribution is 0.713. The first-order chi connectivity index (χ1) is 6.33. The summed E-state index contributed by atoms with van der Waals surface area (Å²) in [6.07, 6.45) is 3.51. The third-order valence-electron chi connectivity index (χ3n) is 1.53. The quantitative estimate of drug-likeness (QED) is 0.584. The van der Waals surface area contributed by atoms with Gasteiger partial charge in [0.05, 0.1) is 6.54 Å². The van der Waals surface area contributed by atoms with Crippen LogP contribution in [0.4, 0.5) is 10.9 Å². The molecule has 2 N–H and O–H groups in total. The van der Waals surface area contributed by atoms with Gasteiger partial charge < -0.3 is 5.73 Å². The highest BCUT2D eigenvalue weighted by molar-refractivity contribution is 7.13. The summed E-state index contributed by atoms with van der Waals surface area (Å²) >= 11 is 1.42. The second kappa shape index (κ2) is 5.64. The number of nitrogens with two attached hydrogens (primary N) is 1. The summed E-state index contributed by atoms with van der Waals surface area (Å²) in [5.74, 6) is 0.521. The standard InChI is InChI=1S/C8H14N4S/c1-2-3-4-5-10-12-8-11-7(9)6-13-8/h6H,2-5,9H2,1H3. The normalized spacial score (nSPS) is 11.2. The van der Waals surface area contributed by atoms with Crippen molar-refractivity contribution in [3.63, 3.8) is 0 Å². The zero-order valence-electron chi connectivity index (χ0n) is 7.73. The summed E-state index contributed by atoms with van der Waals surface area (Å²) in [6, 6.07) is 0. The van der Waals surface area contributed by atoms with E-state index in [0.29, 0.717) is 10.9 Å². The predicted octanol–water partition coefficient (Wildman–Crippen LogP) is 3.00. The molecular weight excluding hydrogens is 184 g/mol. The van der Waals surface area contributed by atoms with E-state index in [9.17, 15) is 0 Å². The molecule has 0 bridgehead atoms. The molecule has 1 heterocycles. The number of azo groups is 1. The fraction of sp³-hybridized carbons (Fsp3) is 0.625. The van der Waals surface area contributed by atoms with Crippen LogP contribution in [0.5, 0.6) is 0 Å². The molecule has 0 saturated carbocycles. The Morgan fingerprint density at radius 1 is 1.54 bits per heavy atom. The smallest absolute Gasteiger partial charge is 0.231 e. The van der Waals surface area contributed by atoms with Crippen LogP contribution in [0.25, 0.3) is 0 Å². The van der Waals surface area contributed by atoms with Crippen LogP contribution in [0.2, 0.25) is 0 Å². The number of unbranched alkanes of at least 4 members (excludes halogenated alkanes) is 2. The summed E-state index contributed by atoms with van der Waals surface area (Å²) in [7, 11) is 0. The van der Waals surface area contributed by atoms with Gasteiger partial charge >= 0.3 is 0 Å². The fourth-order valence-electron chi connectivity index (χ4n) is 0.865. The molecule has 0 aromatic carbocycles. The van der Waals surface area contributed by atoms with Crippen LogP contribution in [0, 0.1) is 0 Å². The molecule has 0 aliphatic carbocycles. The minimum Gasteiger partial charge on any atom is -0.383 e. The Morgan fingerprint density at radius 2 is 2.38 bits per heavy atom. The highest BCUT2D eigenvalue weighted by Crippen LogP contribution is 2.19. The molecule has 0 aliphatic heterocycles. The van der Waals surface area contributed by atoms with Gasteiger partial charge in [-0.2, -0.15) is 5.11 Å². The fourth-order valence-corrected chi connectivity index (χ4v) is 1.41. The third kappa shape index (κ3) is 3.98. The lowest BCUT2D eigenvalue weighted by Crippen LogP contribution is -1.81. The van der Waals surface area contributed by atoms with E-state index in [4.69, 9.17) is 5.73 Å². The van der Waals surface area contributed by atoms with Gasteiger partial charge in [-0.25, -0.2) is 4.98 Å². The number of thiazole rings is 1. The van der Waals surface area contributed by atoms with Crippen LogP contribution >= 0.6 is 11.3 Å². The Hall–Kier alpha value is -0.970. The molecule has 1 aromatic rings. The molecule has 1 rings (SSSR count). The monoisotopic (exact) mass is 198 g/mol. The van der Waals surface area contributed by atoms with E-state index in [1.165, 1.54) is 24.2 Å². The van der Waals surface area contributed by atoms with Gasteiger partial charge in [0, 0.05) is 5.38 Å². The molecule has 0 spiro atoms. The summed E-state index contributed by atoms with van der Waals surface area (Å²) in [4.78, 5) is 3.96. The highest BCUT2D eigenvalue weighted by Gasteiger charge is 1.94. The van der Waals surface area contributed by atoms with Gasteiger partial charge in [-0.1, -0.05) is 31.1 Å². The average molecular weight is 198 g/mol. The second-order valence-electron chi connectivity index (χ2n) is 2.73. The van der Waals surface area contributed by atoms with Gasteiger partial charge in [-0.15, -0.1) is 5.11 Å². The zero-order valence-corrected chi connectivity index (χ0v) is 8.55. The van der Waals surface area contributed by atoms with Crippen molar-refractivity contribution in [2.24, 2.45) is 10.2 Å². The van der Waals surface area contributed by atoms with Gasteiger partial charge in [-0.05, 0) is 6.42 Å². The maximum Gasteiger partial charge on any atom is 0.231 e. The molecule has 0 aliphatic rings. The number of nitrogens with zero attached hydrogens (tertiary/aromatic N) is 3. The molecule has 0 atom stereocenters. The molecule has 0 amide bonds. The Kier molecular flexibility index (Phi) is 4.39. The average Bonchev–Trinajstić information content (AvgIpc) is 2.51. The SMILES string of the molecule is CCCCCN=Nc1nc(N)cs1. The van der Waals surface area contributed by atoms with Gasteiger partial charge in [0.25, 0.3) is 0 Å². The Labute approximate surface area is 81.9 Å². The summed E-state index contributed by atoms with van der Waals surface area (Å²) < 4.78 is 0. The maximum atomic E-state index is 5.43. The van der Waals surface area contributed by atoms with E-state index in [1.807, 2.05) is 0 Å². The van der Waals surface area contributed by atoms with E-state index in [1.54, 1.807) is 5.38 Å². The van der Waals surface area contributed by atoms with Crippen LogP contribution in [-0.4, -0.2) is 11.5 Å².